The Morgan fingerprint density at radius 2 is 2.12 bits per heavy atom. The second-order valence-corrected chi connectivity index (χ2v) is 3.13. The van der Waals surface area contributed by atoms with Crippen LogP contribution in [0.3, 0.4) is 0 Å². The van der Waals surface area contributed by atoms with E-state index in [-0.39, 0.29) is 0 Å². The largest absolute Gasteiger partial charge is 0.292 e. The molecule has 48 valence electrons. The molecule has 1 aliphatic heterocycles. The molecule has 0 spiro atoms. The Bertz CT molecular complexity index is 61.4. The minimum atomic E-state index is 0.528. The van der Waals surface area contributed by atoms with Crippen molar-refractivity contribution >= 4 is 11.8 Å². The lowest BCUT2D eigenvalue weighted by molar-refractivity contribution is 0.745. The maximum Gasteiger partial charge on any atom is 0.105 e. The summed E-state index contributed by atoms with van der Waals surface area (Å²) in [5.41, 5.74) is 0.528. The molecule has 0 bridgehead atoms. The highest BCUT2D eigenvalue weighted by Gasteiger charge is 2.10. The van der Waals surface area contributed by atoms with Crippen molar-refractivity contribution in [3.05, 3.63) is 0 Å². The molecule has 0 atom stereocenters. The van der Waals surface area contributed by atoms with Crippen molar-refractivity contribution in [3.8, 4) is 0 Å². The lowest BCUT2D eigenvalue weighted by atomic mass is 10.7. The minimum absolute atomic E-state index is 0.528. The topological polar surface area (TPSA) is 24.1 Å². The smallest absolute Gasteiger partial charge is 0.105 e. The molecule has 1 rings (SSSR count). The van der Waals surface area contributed by atoms with Crippen molar-refractivity contribution in [2.24, 2.45) is 0 Å². The zero-order chi connectivity index (χ0) is 5.82. The normalized spacial score (nSPS) is 22.1. The Balaban J connectivity index is 2.06. The Labute approximate surface area is 54.4 Å². The molecule has 0 aliphatic carbocycles. The van der Waals surface area contributed by atoms with Crippen LogP contribution in [0.1, 0.15) is 6.92 Å². The summed E-state index contributed by atoms with van der Waals surface area (Å²) in [6.45, 7) is 4.42. The minimum Gasteiger partial charge on any atom is -0.292 e. The predicted molar refractivity (Wildman–Crippen MR) is 37.9 cm³/mol. The summed E-state index contributed by atoms with van der Waals surface area (Å²) in [7, 11) is 0. The first-order valence-electron chi connectivity index (χ1n) is 3.02. The van der Waals surface area contributed by atoms with Gasteiger partial charge in [-0.3, -0.25) is 10.6 Å². The first kappa shape index (κ1) is 6.39. The van der Waals surface area contributed by atoms with Gasteiger partial charge in [-0.05, 0) is 5.75 Å². The van der Waals surface area contributed by atoms with E-state index in [9.17, 15) is 0 Å². The molecule has 1 heterocycles. The summed E-state index contributed by atoms with van der Waals surface area (Å²) in [6, 6.07) is 0. The van der Waals surface area contributed by atoms with Crippen LogP contribution in [0.2, 0.25) is 0 Å². The molecule has 2 N–H and O–H groups in total. The molecule has 2 nitrogen and oxygen atoms in total. The highest BCUT2D eigenvalue weighted by molar-refractivity contribution is 7.99. The Morgan fingerprint density at radius 1 is 1.50 bits per heavy atom. The SMILES string of the molecule is CCSC1NCCN1. The van der Waals surface area contributed by atoms with Gasteiger partial charge in [0.25, 0.3) is 0 Å². The van der Waals surface area contributed by atoms with E-state index >= 15 is 0 Å². The monoisotopic (exact) mass is 132 g/mol. The van der Waals surface area contributed by atoms with Crippen molar-refractivity contribution in [1.82, 2.24) is 10.6 Å². The van der Waals surface area contributed by atoms with Crippen LogP contribution in [0.15, 0.2) is 0 Å². The molecule has 0 saturated carbocycles. The van der Waals surface area contributed by atoms with Gasteiger partial charge in [-0.2, -0.15) is 0 Å². The maximum absolute atomic E-state index is 3.31. The van der Waals surface area contributed by atoms with Gasteiger partial charge < -0.3 is 0 Å². The Kier molecular flexibility index (Phi) is 2.66. The average molecular weight is 132 g/mol. The molecule has 1 fully saturated rings. The van der Waals surface area contributed by atoms with Gasteiger partial charge >= 0.3 is 0 Å². The van der Waals surface area contributed by atoms with Gasteiger partial charge in [0.15, 0.2) is 0 Å². The number of rotatable bonds is 2. The van der Waals surface area contributed by atoms with Crippen LogP contribution in [0, 0.1) is 0 Å². The number of hydrogen-bond acceptors (Lipinski definition) is 3. The van der Waals surface area contributed by atoms with Gasteiger partial charge in [0.2, 0.25) is 0 Å². The van der Waals surface area contributed by atoms with Gasteiger partial charge in [0, 0.05) is 13.1 Å². The van der Waals surface area contributed by atoms with E-state index in [1.54, 1.807) is 0 Å². The van der Waals surface area contributed by atoms with E-state index < -0.39 is 0 Å². The molecule has 0 amide bonds. The first-order valence-corrected chi connectivity index (χ1v) is 4.06. The molecule has 1 aliphatic rings. The fourth-order valence-electron chi connectivity index (χ4n) is 0.763. The van der Waals surface area contributed by atoms with Gasteiger partial charge in [-0.1, -0.05) is 6.92 Å². The molecule has 8 heavy (non-hydrogen) atoms. The van der Waals surface area contributed by atoms with E-state index in [4.69, 9.17) is 0 Å². The summed E-state index contributed by atoms with van der Waals surface area (Å²) < 4.78 is 0. The van der Waals surface area contributed by atoms with Crippen LogP contribution in [-0.2, 0) is 0 Å². The molecule has 0 aromatic heterocycles. The first-order chi connectivity index (χ1) is 3.93. The molecule has 0 radical (unpaired) electrons. The predicted octanol–water partition coefficient (Wildman–Crippen LogP) is 0.216. The molecule has 0 unspecified atom stereocenters. The quantitative estimate of drug-likeness (QED) is 0.562. The maximum atomic E-state index is 3.31. The summed E-state index contributed by atoms with van der Waals surface area (Å²) in [6.07, 6.45) is 0. The second kappa shape index (κ2) is 3.33. The molecule has 0 aromatic rings. The van der Waals surface area contributed by atoms with E-state index in [2.05, 4.69) is 17.6 Å². The highest BCUT2D eigenvalue weighted by Crippen LogP contribution is 2.05. The lowest BCUT2D eigenvalue weighted by Gasteiger charge is -2.06. The van der Waals surface area contributed by atoms with Crippen LogP contribution in [0.25, 0.3) is 0 Å². The molecule has 0 aromatic carbocycles. The van der Waals surface area contributed by atoms with Crippen molar-refractivity contribution in [1.29, 1.82) is 0 Å². The standard InChI is InChI=1S/C5H12N2S/c1-2-8-5-6-3-4-7-5/h5-7H,2-4H2,1H3. The van der Waals surface area contributed by atoms with Crippen LogP contribution in [0.5, 0.6) is 0 Å². The van der Waals surface area contributed by atoms with E-state index in [1.165, 1.54) is 5.75 Å². The molecular formula is C5H12N2S. The van der Waals surface area contributed by atoms with Crippen LogP contribution in [0.4, 0.5) is 0 Å². The van der Waals surface area contributed by atoms with Gasteiger partial charge in [-0.25, -0.2) is 0 Å². The van der Waals surface area contributed by atoms with Crippen LogP contribution in [-0.4, -0.2) is 24.3 Å². The summed E-state index contributed by atoms with van der Waals surface area (Å²) in [5, 5.41) is 6.62. The zero-order valence-electron chi connectivity index (χ0n) is 5.11. The van der Waals surface area contributed by atoms with E-state index in [1.807, 2.05) is 11.8 Å². The van der Waals surface area contributed by atoms with Crippen molar-refractivity contribution in [2.75, 3.05) is 18.8 Å². The van der Waals surface area contributed by atoms with Crippen molar-refractivity contribution < 1.29 is 0 Å². The number of nitrogens with one attached hydrogen (secondary N) is 2. The molecular weight excluding hydrogens is 120 g/mol. The number of hydrogen-bond donors (Lipinski definition) is 2. The third kappa shape index (κ3) is 1.65. The second-order valence-electron chi connectivity index (χ2n) is 1.74. The van der Waals surface area contributed by atoms with Crippen molar-refractivity contribution in [2.45, 2.75) is 12.4 Å². The molecule has 1 saturated heterocycles. The third-order valence-electron chi connectivity index (χ3n) is 1.12. The van der Waals surface area contributed by atoms with Crippen LogP contribution < -0.4 is 10.6 Å². The third-order valence-corrected chi connectivity index (χ3v) is 2.12. The lowest BCUT2D eigenvalue weighted by Crippen LogP contribution is -2.26. The summed E-state index contributed by atoms with van der Waals surface area (Å²) in [4.78, 5) is 0. The number of thioether (sulfide) groups is 1. The molecule has 3 heteroatoms. The van der Waals surface area contributed by atoms with Gasteiger partial charge in [0.1, 0.15) is 5.50 Å². The zero-order valence-corrected chi connectivity index (χ0v) is 5.92. The fourth-order valence-corrected chi connectivity index (χ4v) is 1.57. The summed E-state index contributed by atoms with van der Waals surface area (Å²) >= 11 is 1.92. The average Bonchev–Trinajstić information content (AvgIpc) is 2.19. The van der Waals surface area contributed by atoms with E-state index in [0.717, 1.165) is 13.1 Å². The van der Waals surface area contributed by atoms with Gasteiger partial charge in [0.05, 0.1) is 0 Å². The summed E-state index contributed by atoms with van der Waals surface area (Å²) in [5.74, 6) is 1.19. The van der Waals surface area contributed by atoms with Crippen molar-refractivity contribution in [3.63, 3.8) is 0 Å². The van der Waals surface area contributed by atoms with Gasteiger partial charge in [-0.15, -0.1) is 11.8 Å². The van der Waals surface area contributed by atoms with Crippen LogP contribution >= 0.6 is 11.8 Å². The Morgan fingerprint density at radius 3 is 2.62 bits per heavy atom. The highest BCUT2D eigenvalue weighted by atomic mass is 32.2. The van der Waals surface area contributed by atoms with E-state index in [0.29, 0.717) is 5.50 Å². The fraction of sp³-hybridized carbons (Fsp3) is 1.00. The Hall–Kier alpha value is 0.270.